The summed E-state index contributed by atoms with van der Waals surface area (Å²) < 4.78 is 16.6. The van der Waals surface area contributed by atoms with Gasteiger partial charge in [-0.25, -0.2) is 0 Å². The first-order valence-corrected chi connectivity index (χ1v) is 6.01. The summed E-state index contributed by atoms with van der Waals surface area (Å²) >= 11 is 0. The molecule has 0 aromatic heterocycles. The quantitative estimate of drug-likeness (QED) is 0.798. The lowest BCUT2D eigenvalue weighted by Crippen LogP contribution is -2.52. The second kappa shape index (κ2) is 4.90. The van der Waals surface area contributed by atoms with Gasteiger partial charge in [0.1, 0.15) is 0 Å². The highest BCUT2D eigenvalue weighted by atomic mass is 16.7. The molecule has 2 aliphatic rings. The van der Waals surface area contributed by atoms with E-state index < -0.39 is 0 Å². The SMILES string of the molecule is C1=COC2O[C@@H](COCc3ccccc3)[C@@H]2C1. The molecule has 2 aliphatic heterocycles. The summed E-state index contributed by atoms with van der Waals surface area (Å²) in [7, 11) is 0. The highest BCUT2D eigenvalue weighted by molar-refractivity contribution is 5.13. The lowest BCUT2D eigenvalue weighted by Gasteiger charge is -2.44. The molecule has 0 bridgehead atoms. The minimum atomic E-state index is -0.0367. The Balaban J connectivity index is 1.42. The molecular formula is C14H16O3. The molecule has 0 radical (unpaired) electrons. The summed E-state index contributed by atoms with van der Waals surface area (Å²) in [6, 6.07) is 10.2. The standard InChI is InChI=1S/C14H16O3/c1-2-5-11(6-3-1)9-15-10-13-12-7-4-8-16-14(12)17-13/h1-6,8,12-14H,7,9-10H2/t12-,13-,14?/m0/s1. The number of rotatable bonds is 4. The van der Waals surface area contributed by atoms with Crippen molar-refractivity contribution in [1.82, 2.24) is 0 Å². The fraction of sp³-hybridized carbons (Fsp3) is 0.429. The van der Waals surface area contributed by atoms with Gasteiger partial charge in [0.25, 0.3) is 0 Å². The van der Waals surface area contributed by atoms with Crippen molar-refractivity contribution in [1.29, 1.82) is 0 Å². The Morgan fingerprint density at radius 3 is 2.94 bits per heavy atom. The number of fused-ring (bicyclic) bond motifs is 1. The van der Waals surface area contributed by atoms with Crippen molar-refractivity contribution >= 4 is 0 Å². The Morgan fingerprint density at radius 2 is 2.12 bits per heavy atom. The van der Waals surface area contributed by atoms with Crippen LogP contribution >= 0.6 is 0 Å². The van der Waals surface area contributed by atoms with Crippen LogP contribution in [0.25, 0.3) is 0 Å². The molecule has 0 amide bonds. The lowest BCUT2D eigenvalue weighted by atomic mass is 9.91. The zero-order chi connectivity index (χ0) is 11.5. The summed E-state index contributed by atoms with van der Waals surface area (Å²) in [5.74, 6) is 0.468. The van der Waals surface area contributed by atoms with Crippen LogP contribution in [0.2, 0.25) is 0 Å². The summed E-state index contributed by atoms with van der Waals surface area (Å²) in [5.41, 5.74) is 1.20. The van der Waals surface area contributed by atoms with E-state index in [2.05, 4.69) is 12.1 Å². The number of hydrogen-bond donors (Lipinski definition) is 0. The molecule has 1 aromatic carbocycles. The maximum absolute atomic E-state index is 5.67. The fourth-order valence-electron chi connectivity index (χ4n) is 2.23. The smallest absolute Gasteiger partial charge is 0.205 e. The second-order valence-electron chi connectivity index (χ2n) is 4.45. The van der Waals surface area contributed by atoms with Gasteiger partial charge in [-0.2, -0.15) is 0 Å². The Morgan fingerprint density at radius 1 is 1.24 bits per heavy atom. The highest BCUT2D eigenvalue weighted by Crippen LogP contribution is 2.35. The first-order valence-electron chi connectivity index (χ1n) is 6.01. The molecule has 17 heavy (non-hydrogen) atoms. The van der Waals surface area contributed by atoms with Crippen LogP contribution < -0.4 is 0 Å². The third-order valence-corrected chi connectivity index (χ3v) is 3.25. The summed E-state index contributed by atoms with van der Waals surface area (Å²) in [4.78, 5) is 0. The number of ether oxygens (including phenoxy) is 3. The molecule has 3 heteroatoms. The number of allylic oxidation sites excluding steroid dienone is 1. The van der Waals surface area contributed by atoms with E-state index in [9.17, 15) is 0 Å². The molecule has 0 spiro atoms. The van der Waals surface area contributed by atoms with Gasteiger partial charge in [-0.3, -0.25) is 0 Å². The molecule has 2 heterocycles. The van der Waals surface area contributed by atoms with Crippen LogP contribution in [0.3, 0.4) is 0 Å². The summed E-state index contributed by atoms with van der Waals surface area (Å²) in [6.45, 7) is 1.29. The molecule has 90 valence electrons. The van der Waals surface area contributed by atoms with E-state index in [1.54, 1.807) is 6.26 Å². The average Bonchev–Trinajstić information content (AvgIpc) is 2.36. The van der Waals surface area contributed by atoms with E-state index in [4.69, 9.17) is 14.2 Å². The predicted molar refractivity (Wildman–Crippen MR) is 63.1 cm³/mol. The largest absolute Gasteiger partial charge is 0.472 e. The van der Waals surface area contributed by atoms with Crippen LogP contribution in [-0.4, -0.2) is 19.0 Å². The second-order valence-corrected chi connectivity index (χ2v) is 4.45. The highest BCUT2D eigenvalue weighted by Gasteiger charge is 2.44. The maximum atomic E-state index is 5.67. The van der Waals surface area contributed by atoms with E-state index in [0.717, 1.165) is 6.42 Å². The third kappa shape index (κ3) is 2.35. The predicted octanol–water partition coefficient (Wildman–Crippen LogP) is 2.48. The molecule has 0 N–H and O–H groups in total. The molecule has 1 saturated heterocycles. The van der Waals surface area contributed by atoms with Gasteiger partial charge in [0.15, 0.2) is 0 Å². The zero-order valence-corrected chi connectivity index (χ0v) is 9.62. The Hall–Kier alpha value is -1.32. The van der Waals surface area contributed by atoms with Crippen LogP contribution in [-0.2, 0) is 20.8 Å². The van der Waals surface area contributed by atoms with Crippen LogP contribution in [0.1, 0.15) is 12.0 Å². The normalized spacial score (nSPS) is 30.2. The Labute approximate surface area is 101 Å². The van der Waals surface area contributed by atoms with E-state index >= 15 is 0 Å². The zero-order valence-electron chi connectivity index (χ0n) is 9.62. The van der Waals surface area contributed by atoms with Gasteiger partial charge < -0.3 is 14.2 Å². The average molecular weight is 232 g/mol. The van der Waals surface area contributed by atoms with Crippen molar-refractivity contribution in [2.24, 2.45) is 5.92 Å². The Kier molecular flexibility index (Phi) is 3.12. The first-order chi connectivity index (χ1) is 8.43. The molecule has 0 saturated carbocycles. The lowest BCUT2D eigenvalue weighted by molar-refractivity contribution is -0.298. The van der Waals surface area contributed by atoms with Crippen molar-refractivity contribution in [2.45, 2.75) is 25.4 Å². The van der Waals surface area contributed by atoms with Gasteiger partial charge >= 0.3 is 0 Å². The van der Waals surface area contributed by atoms with Crippen LogP contribution in [0, 0.1) is 5.92 Å². The number of hydrogen-bond acceptors (Lipinski definition) is 3. The van der Waals surface area contributed by atoms with Crippen molar-refractivity contribution in [3.63, 3.8) is 0 Å². The maximum Gasteiger partial charge on any atom is 0.205 e. The molecule has 1 unspecified atom stereocenters. The van der Waals surface area contributed by atoms with E-state index in [0.29, 0.717) is 19.1 Å². The first kappa shape index (κ1) is 10.8. The van der Waals surface area contributed by atoms with Crippen LogP contribution in [0.5, 0.6) is 0 Å². The minimum Gasteiger partial charge on any atom is -0.472 e. The third-order valence-electron chi connectivity index (χ3n) is 3.25. The van der Waals surface area contributed by atoms with E-state index in [-0.39, 0.29) is 12.4 Å². The molecule has 3 nitrogen and oxygen atoms in total. The molecule has 3 rings (SSSR count). The van der Waals surface area contributed by atoms with Crippen molar-refractivity contribution < 1.29 is 14.2 Å². The van der Waals surface area contributed by atoms with E-state index in [1.165, 1.54) is 5.56 Å². The molecule has 0 aliphatic carbocycles. The minimum absolute atomic E-state index is 0.0367. The van der Waals surface area contributed by atoms with Gasteiger partial charge in [-0.15, -0.1) is 0 Å². The van der Waals surface area contributed by atoms with Crippen molar-refractivity contribution in [2.75, 3.05) is 6.61 Å². The Bertz CT molecular complexity index is 388. The van der Waals surface area contributed by atoms with Gasteiger partial charge in [0.2, 0.25) is 6.29 Å². The molecule has 1 fully saturated rings. The van der Waals surface area contributed by atoms with E-state index in [1.807, 2.05) is 24.3 Å². The van der Waals surface area contributed by atoms with Gasteiger partial charge in [0, 0.05) is 0 Å². The summed E-state index contributed by atoms with van der Waals surface area (Å²) in [5, 5.41) is 0. The molecule has 3 atom stereocenters. The van der Waals surface area contributed by atoms with Crippen molar-refractivity contribution in [3.05, 3.63) is 48.2 Å². The summed E-state index contributed by atoms with van der Waals surface area (Å²) in [6.07, 6.45) is 4.96. The number of benzene rings is 1. The monoisotopic (exact) mass is 232 g/mol. The topological polar surface area (TPSA) is 27.7 Å². The van der Waals surface area contributed by atoms with Gasteiger partial charge in [-0.1, -0.05) is 30.3 Å². The van der Waals surface area contributed by atoms with Gasteiger partial charge in [-0.05, 0) is 18.1 Å². The molecule has 1 aromatic rings. The van der Waals surface area contributed by atoms with Crippen LogP contribution in [0.4, 0.5) is 0 Å². The molecular weight excluding hydrogens is 216 g/mol. The van der Waals surface area contributed by atoms with Gasteiger partial charge in [0.05, 0.1) is 31.5 Å². The van der Waals surface area contributed by atoms with Crippen molar-refractivity contribution in [3.8, 4) is 0 Å². The fourth-order valence-corrected chi connectivity index (χ4v) is 2.23. The van der Waals surface area contributed by atoms with Crippen LogP contribution in [0.15, 0.2) is 42.7 Å².